The predicted octanol–water partition coefficient (Wildman–Crippen LogP) is 4.06. The van der Waals surface area contributed by atoms with E-state index in [0.29, 0.717) is 18.9 Å². The normalized spacial score (nSPS) is 16.8. The second kappa shape index (κ2) is 8.54. The van der Waals surface area contributed by atoms with Crippen molar-refractivity contribution in [3.63, 3.8) is 0 Å². The minimum absolute atomic E-state index is 0.301. The van der Waals surface area contributed by atoms with Gasteiger partial charge in [0.05, 0.1) is 0 Å². The van der Waals surface area contributed by atoms with Crippen LogP contribution >= 0.6 is 11.6 Å². The number of rotatable bonds is 5. The van der Waals surface area contributed by atoms with Crippen LogP contribution in [0.4, 0.5) is 0 Å². The fourth-order valence-corrected chi connectivity index (χ4v) is 4.63. The Morgan fingerprint density at radius 3 is 2.42 bits per heavy atom. The Labute approximate surface area is 185 Å². The number of piperazine rings is 1. The third-order valence-electron chi connectivity index (χ3n) is 6.08. The number of halogens is 1. The molecular formula is C24H25ClN2O4. The third-order valence-corrected chi connectivity index (χ3v) is 6.43. The zero-order valence-corrected chi connectivity index (χ0v) is 18.3. The van der Waals surface area contributed by atoms with Crippen LogP contribution < -0.4 is 15.1 Å². The summed E-state index contributed by atoms with van der Waals surface area (Å²) in [6.45, 7) is 7.75. The van der Waals surface area contributed by atoms with E-state index >= 15 is 0 Å². The maximum atomic E-state index is 12.1. The number of fused-ring (bicyclic) bond motifs is 2. The van der Waals surface area contributed by atoms with E-state index in [1.807, 2.05) is 25.1 Å². The first-order chi connectivity index (χ1) is 15.1. The average Bonchev–Trinajstić information content (AvgIpc) is 3.23. The summed E-state index contributed by atoms with van der Waals surface area (Å²) in [7, 11) is 0. The molecule has 0 atom stereocenters. The van der Waals surface area contributed by atoms with Gasteiger partial charge in [0, 0.05) is 55.7 Å². The van der Waals surface area contributed by atoms with Gasteiger partial charge in [0.1, 0.15) is 5.58 Å². The van der Waals surface area contributed by atoms with Gasteiger partial charge < -0.3 is 13.9 Å². The van der Waals surface area contributed by atoms with Crippen LogP contribution in [0.2, 0.25) is 5.02 Å². The molecule has 162 valence electrons. The number of aryl methyl sites for hydroxylation is 1. The number of hydrogen-bond donors (Lipinski definition) is 0. The molecule has 1 fully saturated rings. The van der Waals surface area contributed by atoms with Crippen LogP contribution in [-0.4, -0.2) is 42.8 Å². The molecule has 7 heteroatoms. The summed E-state index contributed by atoms with van der Waals surface area (Å²) in [5, 5.41) is 1.64. The Morgan fingerprint density at radius 2 is 1.65 bits per heavy atom. The molecule has 1 aromatic heterocycles. The molecule has 5 rings (SSSR count). The SMILES string of the molecule is CCc1cc2oc(=O)cc(CN3CCN(Cc4ccc5c(c4)OCO5)CC3)c2cc1Cl. The highest BCUT2D eigenvalue weighted by molar-refractivity contribution is 6.32. The average molecular weight is 441 g/mol. The Balaban J connectivity index is 1.26. The standard InChI is InChI=1S/C24H25ClN2O4/c1-2-17-10-22-19(12-20(17)25)18(11-24(28)31-22)14-27-7-5-26(6-8-27)13-16-3-4-21-23(9-16)30-15-29-21/h3-4,9-12H,2,5-8,13-15H2,1H3. The van der Waals surface area contributed by atoms with Crippen LogP contribution in [0.3, 0.4) is 0 Å². The molecule has 31 heavy (non-hydrogen) atoms. The highest BCUT2D eigenvalue weighted by Crippen LogP contribution is 2.33. The maximum Gasteiger partial charge on any atom is 0.336 e. The molecule has 3 heterocycles. The fraction of sp³-hybridized carbons (Fsp3) is 0.375. The summed E-state index contributed by atoms with van der Waals surface area (Å²) in [6, 6.07) is 11.6. The van der Waals surface area contributed by atoms with E-state index in [9.17, 15) is 4.79 Å². The molecule has 0 saturated carbocycles. The summed E-state index contributed by atoms with van der Waals surface area (Å²) >= 11 is 6.43. The highest BCUT2D eigenvalue weighted by atomic mass is 35.5. The van der Waals surface area contributed by atoms with Crippen LogP contribution in [0.25, 0.3) is 11.0 Å². The van der Waals surface area contributed by atoms with E-state index in [-0.39, 0.29) is 5.63 Å². The number of hydrogen-bond acceptors (Lipinski definition) is 6. The summed E-state index contributed by atoms with van der Waals surface area (Å²) in [4.78, 5) is 16.9. The second-order valence-corrected chi connectivity index (χ2v) is 8.53. The molecule has 0 unspecified atom stereocenters. The van der Waals surface area contributed by atoms with Crippen LogP contribution in [-0.2, 0) is 19.5 Å². The molecule has 0 radical (unpaired) electrons. The molecule has 0 spiro atoms. The van der Waals surface area contributed by atoms with Gasteiger partial charge in [-0.3, -0.25) is 9.80 Å². The van der Waals surface area contributed by atoms with Crippen molar-refractivity contribution in [3.8, 4) is 11.5 Å². The van der Waals surface area contributed by atoms with E-state index in [2.05, 4.69) is 21.9 Å². The van der Waals surface area contributed by atoms with Gasteiger partial charge in [0.25, 0.3) is 0 Å². The molecule has 0 N–H and O–H groups in total. The first kappa shape index (κ1) is 20.4. The topological polar surface area (TPSA) is 55.2 Å². The van der Waals surface area contributed by atoms with Crippen LogP contribution in [0.15, 0.2) is 45.6 Å². The monoisotopic (exact) mass is 440 g/mol. The highest BCUT2D eigenvalue weighted by Gasteiger charge is 2.20. The van der Waals surface area contributed by atoms with Gasteiger partial charge in [-0.2, -0.15) is 0 Å². The molecule has 0 aliphatic carbocycles. The molecule has 0 amide bonds. The van der Waals surface area contributed by atoms with Gasteiger partial charge in [0.2, 0.25) is 6.79 Å². The van der Waals surface area contributed by atoms with E-state index in [0.717, 1.165) is 72.2 Å². The van der Waals surface area contributed by atoms with Gasteiger partial charge >= 0.3 is 5.63 Å². The minimum atomic E-state index is -0.312. The van der Waals surface area contributed by atoms with Gasteiger partial charge in [-0.25, -0.2) is 4.79 Å². The predicted molar refractivity (Wildman–Crippen MR) is 120 cm³/mol. The van der Waals surface area contributed by atoms with E-state index in [4.69, 9.17) is 25.5 Å². The Kier molecular flexibility index (Phi) is 5.61. The maximum absolute atomic E-state index is 12.1. The molecule has 1 saturated heterocycles. The summed E-state index contributed by atoms with van der Waals surface area (Å²) in [5.41, 5.74) is 3.50. The van der Waals surface area contributed by atoms with Crippen LogP contribution in [0.1, 0.15) is 23.6 Å². The molecule has 6 nitrogen and oxygen atoms in total. The number of benzene rings is 2. The van der Waals surface area contributed by atoms with Gasteiger partial charge in [-0.1, -0.05) is 24.6 Å². The second-order valence-electron chi connectivity index (χ2n) is 8.12. The third kappa shape index (κ3) is 4.28. The molecule has 3 aromatic rings. The smallest absolute Gasteiger partial charge is 0.336 e. The largest absolute Gasteiger partial charge is 0.454 e. The first-order valence-corrected chi connectivity index (χ1v) is 11.1. The number of nitrogens with zero attached hydrogens (tertiary/aromatic N) is 2. The van der Waals surface area contributed by atoms with Crippen molar-refractivity contribution in [1.82, 2.24) is 9.80 Å². The Bertz CT molecular complexity index is 1170. The fourth-order valence-electron chi connectivity index (χ4n) is 4.33. The van der Waals surface area contributed by atoms with Crippen molar-refractivity contribution in [1.29, 1.82) is 0 Å². The summed E-state index contributed by atoms with van der Waals surface area (Å²) < 4.78 is 16.3. The van der Waals surface area contributed by atoms with Crippen molar-refractivity contribution in [2.45, 2.75) is 26.4 Å². The lowest BCUT2D eigenvalue weighted by molar-refractivity contribution is 0.122. The Hall–Kier alpha value is -2.54. The summed E-state index contributed by atoms with van der Waals surface area (Å²) in [5.74, 6) is 1.65. The van der Waals surface area contributed by atoms with Crippen molar-refractivity contribution < 1.29 is 13.9 Å². The molecule has 2 aliphatic heterocycles. The van der Waals surface area contributed by atoms with E-state index in [1.165, 1.54) is 5.56 Å². The molecule has 2 aliphatic rings. The zero-order chi connectivity index (χ0) is 21.4. The summed E-state index contributed by atoms with van der Waals surface area (Å²) in [6.07, 6.45) is 0.800. The molecule has 0 bridgehead atoms. The van der Waals surface area contributed by atoms with Crippen molar-refractivity contribution in [3.05, 3.63) is 68.5 Å². The van der Waals surface area contributed by atoms with Gasteiger partial charge in [0.15, 0.2) is 11.5 Å². The van der Waals surface area contributed by atoms with Crippen molar-refractivity contribution >= 4 is 22.6 Å². The van der Waals surface area contributed by atoms with Crippen molar-refractivity contribution in [2.24, 2.45) is 0 Å². The van der Waals surface area contributed by atoms with Gasteiger partial charge in [-0.05, 0) is 47.4 Å². The lowest BCUT2D eigenvalue weighted by atomic mass is 10.1. The van der Waals surface area contributed by atoms with Crippen LogP contribution in [0, 0.1) is 0 Å². The van der Waals surface area contributed by atoms with Crippen molar-refractivity contribution in [2.75, 3.05) is 33.0 Å². The lowest BCUT2D eigenvalue weighted by Crippen LogP contribution is -2.45. The Morgan fingerprint density at radius 1 is 0.903 bits per heavy atom. The van der Waals surface area contributed by atoms with Gasteiger partial charge in [-0.15, -0.1) is 0 Å². The van der Waals surface area contributed by atoms with E-state index in [1.54, 1.807) is 6.07 Å². The zero-order valence-electron chi connectivity index (χ0n) is 17.5. The first-order valence-electron chi connectivity index (χ1n) is 10.7. The lowest BCUT2D eigenvalue weighted by Gasteiger charge is -2.34. The van der Waals surface area contributed by atoms with Crippen LogP contribution in [0.5, 0.6) is 11.5 Å². The molecular weight excluding hydrogens is 416 g/mol. The van der Waals surface area contributed by atoms with E-state index < -0.39 is 0 Å². The minimum Gasteiger partial charge on any atom is -0.454 e. The number of ether oxygens (including phenoxy) is 2. The quantitative estimate of drug-likeness (QED) is 0.558. The molecule has 2 aromatic carbocycles.